The predicted octanol–water partition coefficient (Wildman–Crippen LogP) is 3.80. The van der Waals surface area contributed by atoms with Crippen molar-refractivity contribution in [3.63, 3.8) is 0 Å². The van der Waals surface area contributed by atoms with E-state index in [9.17, 15) is 4.39 Å². The van der Waals surface area contributed by atoms with E-state index >= 15 is 0 Å². The van der Waals surface area contributed by atoms with Crippen molar-refractivity contribution in [2.45, 2.75) is 31.2 Å². The summed E-state index contributed by atoms with van der Waals surface area (Å²) in [6.45, 7) is 2.42. The van der Waals surface area contributed by atoms with E-state index in [1.54, 1.807) is 6.20 Å². The Labute approximate surface area is 190 Å². The Morgan fingerprint density at radius 3 is 2.97 bits per heavy atom. The summed E-state index contributed by atoms with van der Waals surface area (Å²) in [5.41, 5.74) is 3.13. The van der Waals surface area contributed by atoms with E-state index in [2.05, 4.69) is 10.3 Å². The van der Waals surface area contributed by atoms with E-state index in [-0.39, 0.29) is 6.10 Å². The Morgan fingerprint density at radius 2 is 2.09 bits per heavy atom. The van der Waals surface area contributed by atoms with Crippen LogP contribution in [0.4, 0.5) is 4.39 Å². The zero-order valence-electron chi connectivity index (χ0n) is 18.1. The van der Waals surface area contributed by atoms with Crippen molar-refractivity contribution in [2.24, 2.45) is 0 Å². The zero-order chi connectivity index (χ0) is 22.2. The molecule has 2 saturated heterocycles. The molecule has 5 heterocycles. The van der Waals surface area contributed by atoms with Crippen LogP contribution in [-0.2, 0) is 4.74 Å². The predicted molar refractivity (Wildman–Crippen MR) is 123 cm³/mol. The molecule has 8 heteroatoms. The average Bonchev–Trinajstić information content (AvgIpc) is 3.50. The van der Waals surface area contributed by atoms with Crippen LogP contribution in [0.15, 0.2) is 54.9 Å². The number of piperidine rings is 1. The second-order valence-electron chi connectivity index (χ2n) is 8.53. The third kappa shape index (κ3) is 4.00. The summed E-state index contributed by atoms with van der Waals surface area (Å²) in [4.78, 5) is 9.45. The van der Waals surface area contributed by atoms with Gasteiger partial charge in [-0.15, -0.1) is 0 Å². The molecule has 3 aromatic heterocycles. The van der Waals surface area contributed by atoms with E-state index in [4.69, 9.17) is 19.2 Å². The second kappa shape index (κ2) is 8.61. The van der Waals surface area contributed by atoms with Crippen LogP contribution in [0.3, 0.4) is 0 Å². The fourth-order valence-corrected chi connectivity index (χ4v) is 4.47. The van der Waals surface area contributed by atoms with Crippen molar-refractivity contribution < 1.29 is 18.6 Å². The molecule has 3 atom stereocenters. The molecule has 2 aliphatic heterocycles. The van der Waals surface area contributed by atoms with E-state index < -0.39 is 12.3 Å². The van der Waals surface area contributed by atoms with Gasteiger partial charge in [0.15, 0.2) is 0 Å². The number of benzene rings is 1. The Bertz CT molecular complexity index is 1290. The van der Waals surface area contributed by atoms with Crippen molar-refractivity contribution in [1.82, 2.24) is 19.7 Å². The van der Waals surface area contributed by atoms with Crippen LogP contribution in [0, 0.1) is 0 Å². The van der Waals surface area contributed by atoms with Crippen LogP contribution in [0.1, 0.15) is 12.8 Å². The summed E-state index contributed by atoms with van der Waals surface area (Å²) in [5, 5.41) is 4.01. The number of rotatable bonds is 5. The Morgan fingerprint density at radius 1 is 1.12 bits per heavy atom. The van der Waals surface area contributed by atoms with Crippen LogP contribution < -0.4 is 14.8 Å². The van der Waals surface area contributed by atoms with Gasteiger partial charge in [0.1, 0.15) is 41.0 Å². The lowest BCUT2D eigenvalue weighted by Crippen LogP contribution is -2.44. The van der Waals surface area contributed by atoms with Crippen molar-refractivity contribution in [3.05, 3.63) is 54.9 Å². The standard InChI is InChI=1S/C25H25FN4O3/c26-19-13-27-9-6-22(19)33-23-3-1-2-16-4-5-20(29-25(16)23)21-14-28-24-12-17(7-10-30(21)24)32-18-8-11-31-15-18/h1-5,7,10,12,14,18-19,22,27H,6,8-9,11,13,15H2/t18-,19?,22?/m0/s1. The van der Waals surface area contributed by atoms with Crippen LogP contribution >= 0.6 is 0 Å². The zero-order valence-corrected chi connectivity index (χ0v) is 18.1. The summed E-state index contributed by atoms with van der Waals surface area (Å²) in [6.07, 6.45) is 3.86. The number of nitrogens with one attached hydrogen (secondary N) is 1. The second-order valence-corrected chi connectivity index (χ2v) is 8.53. The maximum atomic E-state index is 14.3. The van der Waals surface area contributed by atoms with E-state index in [1.165, 1.54) is 0 Å². The smallest absolute Gasteiger partial charge is 0.149 e. The van der Waals surface area contributed by atoms with Crippen molar-refractivity contribution in [1.29, 1.82) is 0 Å². The highest BCUT2D eigenvalue weighted by molar-refractivity contribution is 5.86. The molecule has 2 fully saturated rings. The number of aromatic nitrogens is 3. The largest absolute Gasteiger partial charge is 0.488 e. The highest BCUT2D eigenvalue weighted by Gasteiger charge is 2.27. The lowest BCUT2D eigenvalue weighted by atomic mass is 10.1. The fraction of sp³-hybridized carbons (Fsp3) is 0.360. The minimum absolute atomic E-state index is 0.0892. The van der Waals surface area contributed by atoms with Gasteiger partial charge < -0.3 is 19.5 Å². The quantitative estimate of drug-likeness (QED) is 0.501. The average molecular weight is 448 g/mol. The van der Waals surface area contributed by atoms with Gasteiger partial charge in [0.25, 0.3) is 0 Å². The summed E-state index contributed by atoms with van der Waals surface area (Å²) >= 11 is 0. The summed E-state index contributed by atoms with van der Waals surface area (Å²) in [5.74, 6) is 1.38. The first-order valence-corrected chi connectivity index (χ1v) is 11.4. The van der Waals surface area contributed by atoms with Gasteiger partial charge in [0.05, 0.1) is 30.8 Å². The summed E-state index contributed by atoms with van der Waals surface area (Å²) in [6, 6.07) is 13.6. The maximum absolute atomic E-state index is 14.3. The van der Waals surface area contributed by atoms with Gasteiger partial charge in [0.2, 0.25) is 0 Å². The number of alkyl halides is 1. The fourth-order valence-electron chi connectivity index (χ4n) is 4.47. The minimum atomic E-state index is -1.04. The first-order chi connectivity index (χ1) is 16.2. The molecule has 0 bridgehead atoms. The van der Waals surface area contributed by atoms with Crippen molar-refractivity contribution >= 4 is 16.6 Å². The summed E-state index contributed by atoms with van der Waals surface area (Å²) < 4.78 is 33.8. The molecule has 0 radical (unpaired) electrons. The van der Waals surface area contributed by atoms with Gasteiger partial charge in [-0.3, -0.25) is 4.40 Å². The lowest BCUT2D eigenvalue weighted by molar-refractivity contribution is 0.0743. The first-order valence-electron chi connectivity index (χ1n) is 11.4. The minimum Gasteiger partial charge on any atom is -0.488 e. The molecule has 2 unspecified atom stereocenters. The third-order valence-electron chi connectivity index (χ3n) is 6.25. The molecule has 0 spiro atoms. The number of hydrogen-bond acceptors (Lipinski definition) is 6. The van der Waals surface area contributed by atoms with Gasteiger partial charge >= 0.3 is 0 Å². The van der Waals surface area contributed by atoms with Crippen LogP contribution in [0.5, 0.6) is 11.5 Å². The molecule has 0 amide bonds. The SMILES string of the molecule is FC1CNCCC1Oc1cccc2ccc(-c3cnc4cc(O[C@H]5CCOC5)ccn34)nc12. The van der Waals surface area contributed by atoms with E-state index in [0.29, 0.717) is 25.3 Å². The maximum Gasteiger partial charge on any atom is 0.149 e. The highest BCUT2D eigenvalue weighted by atomic mass is 19.1. The molecule has 170 valence electrons. The molecule has 1 N–H and O–H groups in total. The highest BCUT2D eigenvalue weighted by Crippen LogP contribution is 2.30. The van der Waals surface area contributed by atoms with E-state index in [0.717, 1.165) is 53.3 Å². The Balaban J connectivity index is 1.32. The van der Waals surface area contributed by atoms with Crippen LogP contribution in [0.2, 0.25) is 0 Å². The number of imidazole rings is 1. The number of ether oxygens (including phenoxy) is 3. The molecule has 2 aliphatic rings. The number of fused-ring (bicyclic) bond motifs is 2. The Hall–Kier alpha value is -3.23. The van der Waals surface area contributed by atoms with Gasteiger partial charge in [-0.2, -0.15) is 0 Å². The van der Waals surface area contributed by atoms with Gasteiger partial charge in [-0.05, 0) is 31.2 Å². The molecule has 6 rings (SSSR count). The van der Waals surface area contributed by atoms with Gasteiger partial charge in [0, 0.05) is 30.6 Å². The molecule has 4 aromatic rings. The molecule has 7 nitrogen and oxygen atoms in total. The lowest BCUT2D eigenvalue weighted by Gasteiger charge is -2.27. The van der Waals surface area contributed by atoms with Crippen LogP contribution in [0.25, 0.3) is 27.9 Å². The molecular weight excluding hydrogens is 423 g/mol. The van der Waals surface area contributed by atoms with Gasteiger partial charge in [-0.25, -0.2) is 14.4 Å². The molecule has 1 aromatic carbocycles. The summed E-state index contributed by atoms with van der Waals surface area (Å²) in [7, 11) is 0. The number of pyridine rings is 2. The topological polar surface area (TPSA) is 69.9 Å². The third-order valence-corrected chi connectivity index (χ3v) is 6.25. The molecule has 33 heavy (non-hydrogen) atoms. The van der Waals surface area contributed by atoms with Crippen molar-refractivity contribution in [3.8, 4) is 22.9 Å². The first kappa shape index (κ1) is 20.4. The number of nitrogens with zero attached hydrogens (tertiary/aromatic N) is 3. The Kier molecular flexibility index (Phi) is 5.32. The van der Waals surface area contributed by atoms with Crippen LogP contribution in [-0.4, -0.2) is 59.1 Å². The number of hydrogen-bond donors (Lipinski definition) is 1. The van der Waals surface area contributed by atoms with Gasteiger partial charge in [-0.1, -0.05) is 18.2 Å². The monoisotopic (exact) mass is 448 g/mol. The molecule has 0 saturated carbocycles. The molecular formula is C25H25FN4O3. The number of halogens is 1. The molecule has 0 aliphatic carbocycles. The van der Waals surface area contributed by atoms with E-state index in [1.807, 2.05) is 53.1 Å². The normalized spacial score (nSPS) is 23.2. The number of para-hydroxylation sites is 1. The van der Waals surface area contributed by atoms with Crippen molar-refractivity contribution in [2.75, 3.05) is 26.3 Å².